The van der Waals surface area contributed by atoms with E-state index in [9.17, 15) is 0 Å². The van der Waals surface area contributed by atoms with Gasteiger partial charge in [0.15, 0.2) is 0 Å². The monoisotopic (exact) mass is 330 g/mol. The molecule has 4 rings (SSSR count). The zero-order valence-corrected chi connectivity index (χ0v) is 14.1. The lowest BCUT2D eigenvalue weighted by Crippen LogP contribution is -2.07. The van der Waals surface area contributed by atoms with Crippen LogP contribution in [0.3, 0.4) is 0 Å². The highest BCUT2D eigenvalue weighted by Gasteiger charge is 2.16. The van der Waals surface area contributed by atoms with Crippen LogP contribution in [0.2, 0.25) is 0 Å². The maximum Gasteiger partial charge on any atom is 0.0968 e. The van der Waals surface area contributed by atoms with E-state index in [4.69, 9.17) is 0 Å². The summed E-state index contributed by atoms with van der Waals surface area (Å²) in [6, 6.07) is 29.6. The van der Waals surface area contributed by atoms with Gasteiger partial charge in [-0.1, -0.05) is 60.7 Å². The highest BCUT2D eigenvalue weighted by molar-refractivity contribution is 7.99. The molecule has 1 unspecified atom stereocenters. The second-order valence-corrected chi connectivity index (χ2v) is 6.97. The van der Waals surface area contributed by atoms with Crippen LogP contribution in [-0.2, 0) is 6.42 Å². The zero-order valence-electron chi connectivity index (χ0n) is 13.2. The Labute approximate surface area is 146 Å². The minimum atomic E-state index is 0.266. The van der Waals surface area contributed by atoms with Gasteiger partial charge in [0, 0.05) is 11.3 Å². The van der Waals surface area contributed by atoms with Gasteiger partial charge in [-0.3, -0.25) is 0 Å². The van der Waals surface area contributed by atoms with Crippen molar-refractivity contribution in [2.45, 2.75) is 16.7 Å². The number of benzene rings is 3. The van der Waals surface area contributed by atoms with Crippen LogP contribution in [0.4, 0.5) is 0 Å². The number of hydrogen-bond acceptors (Lipinski definition) is 2. The van der Waals surface area contributed by atoms with Gasteiger partial charge in [-0.2, -0.15) is 0 Å². The summed E-state index contributed by atoms with van der Waals surface area (Å²) in [6.45, 7) is 0. The Balaban J connectivity index is 1.72. The average molecular weight is 330 g/mol. The molecule has 3 heteroatoms. The molecule has 4 aromatic rings. The summed E-state index contributed by atoms with van der Waals surface area (Å²) in [5, 5.41) is 0.266. The van der Waals surface area contributed by atoms with Crippen LogP contribution in [0, 0.1) is 0 Å². The first-order valence-electron chi connectivity index (χ1n) is 8.07. The normalized spacial score (nSPS) is 12.3. The van der Waals surface area contributed by atoms with Gasteiger partial charge < -0.3 is 4.57 Å². The predicted octanol–water partition coefficient (Wildman–Crippen LogP) is 5.57. The molecule has 0 amide bonds. The molecule has 0 aliphatic heterocycles. The fourth-order valence-electron chi connectivity index (χ4n) is 2.88. The molecule has 118 valence electrons. The lowest BCUT2D eigenvalue weighted by Gasteiger charge is -2.19. The molecule has 2 nitrogen and oxygen atoms in total. The Hall–Kier alpha value is -2.52. The van der Waals surface area contributed by atoms with Gasteiger partial charge in [-0.15, -0.1) is 11.8 Å². The Morgan fingerprint density at radius 3 is 2.25 bits per heavy atom. The molecule has 0 spiro atoms. The molecule has 1 aromatic heterocycles. The number of imidazole rings is 1. The maximum absolute atomic E-state index is 4.57. The van der Waals surface area contributed by atoms with E-state index in [1.807, 2.05) is 24.2 Å². The van der Waals surface area contributed by atoms with Crippen LogP contribution in [0.1, 0.15) is 10.9 Å². The molecule has 1 heterocycles. The van der Waals surface area contributed by atoms with Crippen molar-refractivity contribution in [3.05, 3.63) is 96.8 Å². The van der Waals surface area contributed by atoms with Gasteiger partial charge in [0.25, 0.3) is 0 Å². The van der Waals surface area contributed by atoms with Crippen molar-refractivity contribution in [2.75, 3.05) is 0 Å². The second-order valence-electron chi connectivity index (χ2n) is 5.72. The molecule has 0 saturated carbocycles. The smallest absolute Gasteiger partial charge is 0.0968 e. The van der Waals surface area contributed by atoms with Crippen LogP contribution in [0.5, 0.6) is 0 Å². The maximum atomic E-state index is 4.57. The highest BCUT2D eigenvalue weighted by Crippen LogP contribution is 2.35. The number of rotatable bonds is 5. The van der Waals surface area contributed by atoms with Crippen LogP contribution < -0.4 is 0 Å². The number of nitrogens with zero attached hydrogens (tertiary/aromatic N) is 2. The molecule has 0 saturated heterocycles. The first kappa shape index (κ1) is 15.0. The summed E-state index contributed by atoms with van der Waals surface area (Å²) >= 11 is 1.88. The average Bonchev–Trinajstić information content (AvgIpc) is 3.07. The van der Waals surface area contributed by atoms with E-state index < -0.39 is 0 Å². The minimum absolute atomic E-state index is 0.266. The summed E-state index contributed by atoms with van der Waals surface area (Å²) < 4.78 is 2.29. The van der Waals surface area contributed by atoms with Crippen molar-refractivity contribution in [3.8, 4) is 0 Å². The van der Waals surface area contributed by atoms with E-state index in [1.54, 1.807) is 0 Å². The quantitative estimate of drug-likeness (QED) is 0.445. The molecular weight excluding hydrogens is 312 g/mol. The molecule has 3 aromatic carbocycles. The third-order valence-electron chi connectivity index (χ3n) is 4.06. The van der Waals surface area contributed by atoms with Crippen molar-refractivity contribution in [1.29, 1.82) is 0 Å². The van der Waals surface area contributed by atoms with Gasteiger partial charge in [-0.05, 0) is 29.8 Å². The third-order valence-corrected chi connectivity index (χ3v) is 5.27. The summed E-state index contributed by atoms with van der Waals surface area (Å²) in [6.07, 6.45) is 2.93. The van der Waals surface area contributed by atoms with Crippen molar-refractivity contribution >= 4 is 22.8 Å². The van der Waals surface area contributed by atoms with Gasteiger partial charge in [-0.25, -0.2) is 4.98 Å². The van der Waals surface area contributed by atoms with Crippen molar-refractivity contribution < 1.29 is 0 Å². The molecule has 0 aliphatic carbocycles. The fourth-order valence-corrected chi connectivity index (χ4v) is 4.06. The number of hydrogen-bond donors (Lipinski definition) is 0. The van der Waals surface area contributed by atoms with Crippen molar-refractivity contribution in [1.82, 2.24) is 9.55 Å². The highest BCUT2D eigenvalue weighted by atomic mass is 32.2. The molecule has 0 bridgehead atoms. The SMILES string of the molecule is c1ccc(CC(Sc2ccccc2)n2cnc3ccccc32)cc1. The van der Waals surface area contributed by atoms with E-state index in [0.29, 0.717) is 0 Å². The Kier molecular flexibility index (Phi) is 4.34. The van der Waals surface area contributed by atoms with Crippen LogP contribution >= 0.6 is 11.8 Å². The van der Waals surface area contributed by atoms with Gasteiger partial charge in [0.05, 0.1) is 22.7 Å². The van der Waals surface area contributed by atoms with Gasteiger partial charge >= 0.3 is 0 Å². The molecule has 0 radical (unpaired) electrons. The van der Waals surface area contributed by atoms with Gasteiger partial charge in [0.1, 0.15) is 0 Å². The largest absolute Gasteiger partial charge is 0.317 e. The predicted molar refractivity (Wildman–Crippen MR) is 101 cm³/mol. The van der Waals surface area contributed by atoms with Gasteiger partial charge in [0.2, 0.25) is 0 Å². The summed E-state index contributed by atoms with van der Waals surface area (Å²) in [7, 11) is 0. The molecule has 0 fully saturated rings. The third kappa shape index (κ3) is 3.22. The summed E-state index contributed by atoms with van der Waals surface area (Å²) in [5.41, 5.74) is 3.56. The van der Waals surface area contributed by atoms with E-state index in [-0.39, 0.29) is 5.37 Å². The van der Waals surface area contributed by atoms with Crippen molar-refractivity contribution in [2.24, 2.45) is 0 Å². The summed E-state index contributed by atoms with van der Waals surface area (Å²) in [4.78, 5) is 5.85. The number of thioether (sulfide) groups is 1. The Morgan fingerprint density at radius 2 is 1.46 bits per heavy atom. The topological polar surface area (TPSA) is 17.8 Å². The fraction of sp³-hybridized carbons (Fsp3) is 0.0952. The minimum Gasteiger partial charge on any atom is -0.317 e. The number of para-hydroxylation sites is 2. The first-order chi connectivity index (χ1) is 11.9. The first-order valence-corrected chi connectivity index (χ1v) is 8.95. The van der Waals surface area contributed by atoms with E-state index in [2.05, 4.69) is 88.4 Å². The Morgan fingerprint density at radius 1 is 0.792 bits per heavy atom. The number of fused-ring (bicyclic) bond motifs is 1. The molecule has 0 N–H and O–H groups in total. The lowest BCUT2D eigenvalue weighted by atomic mass is 10.1. The Bertz CT molecular complexity index is 875. The van der Waals surface area contributed by atoms with Crippen LogP contribution in [0.25, 0.3) is 11.0 Å². The summed E-state index contributed by atoms with van der Waals surface area (Å²) in [5.74, 6) is 0. The van der Waals surface area contributed by atoms with Crippen LogP contribution in [0.15, 0.2) is 96.2 Å². The second kappa shape index (κ2) is 6.93. The molecule has 1 atom stereocenters. The standard InChI is InChI=1S/C21H18N2S/c1-3-9-17(10-4-1)15-21(24-18-11-5-2-6-12-18)23-16-22-19-13-7-8-14-20(19)23/h1-14,16,21H,15H2. The van der Waals surface area contributed by atoms with E-state index in [0.717, 1.165) is 11.9 Å². The number of aromatic nitrogens is 2. The molecule has 24 heavy (non-hydrogen) atoms. The lowest BCUT2D eigenvalue weighted by molar-refractivity contribution is 0.693. The van der Waals surface area contributed by atoms with E-state index in [1.165, 1.54) is 16.0 Å². The molecule has 0 aliphatic rings. The van der Waals surface area contributed by atoms with E-state index >= 15 is 0 Å². The van der Waals surface area contributed by atoms with Crippen LogP contribution in [-0.4, -0.2) is 9.55 Å². The zero-order chi connectivity index (χ0) is 16.2. The van der Waals surface area contributed by atoms with Crippen molar-refractivity contribution in [3.63, 3.8) is 0 Å². The molecular formula is C21H18N2S.